The van der Waals surface area contributed by atoms with E-state index in [1.165, 1.54) is 0 Å². The number of hydrogen-bond donors (Lipinski definition) is 0. The van der Waals surface area contributed by atoms with Crippen LogP contribution in [-0.4, -0.2) is 9.78 Å². The highest BCUT2D eigenvalue weighted by Gasteiger charge is 2.14. The molecule has 1 aromatic carbocycles. The first kappa shape index (κ1) is 14.4. The van der Waals surface area contributed by atoms with Crippen molar-refractivity contribution < 1.29 is 4.74 Å². The highest BCUT2D eigenvalue weighted by atomic mass is 79.9. The second-order valence-electron chi connectivity index (χ2n) is 4.12. The fraction of sp³-hybridized carbons (Fsp3) is 0.357. The van der Waals surface area contributed by atoms with Crippen molar-refractivity contribution in [2.45, 2.75) is 33.4 Å². The number of halogens is 2. The van der Waals surface area contributed by atoms with Gasteiger partial charge in [-0.15, -0.1) is 0 Å². The first-order valence-electron chi connectivity index (χ1n) is 6.28. The van der Waals surface area contributed by atoms with E-state index < -0.39 is 0 Å². The average Bonchev–Trinajstić information content (AvgIpc) is 2.72. The molecule has 0 N–H and O–H groups in total. The summed E-state index contributed by atoms with van der Waals surface area (Å²) in [6.07, 6.45) is 0.901. The smallest absolute Gasteiger partial charge is 0.131 e. The predicted molar refractivity (Wildman–Crippen MR) is 80.8 cm³/mol. The number of aryl methyl sites for hydroxylation is 2. The molecular formula is C14H16BrClN2O. The van der Waals surface area contributed by atoms with Gasteiger partial charge in [0.15, 0.2) is 0 Å². The van der Waals surface area contributed by atoms with Crippen LogP contribution in [0.5, 0.6) is 5.75 Å². The van der Waals surface area contributed by atoms with E-state index in [1.54, 1.807) is 0 Å². The Hall–Kier alpha value is -1.000. The van der Waals surface area contributed by atoms with Crippen molar-refractivity contribution in [3.63, 3.8) is 0 Å². The maximum absolute atomic E-state index is 5.94. The molecular weight excluding hydrogens is 328 g/mol. The average molecular weight is 344 g/mol. The van der Waals surface area contributed by atoms with Gasteiger partial charge in [0.1, 0.15) is 12.4 Å². The molecule has 0 unspecified atom stereocenters. The summed E-state index contributed by atoms with van der Waals surface area (Å²) >= 11 is 9.54. The first-order chi connectivity index (χ1) is 9.15. The molecule has 1 aromatic heterocycles. The Bertz CT molecular complexity index is 569. The van der Waals surface area contributed by atoms with Crippen LogP contribution in [0.2, 0.25) is 5.02 Å². The molecule has 102 valence electrons. The summed E-state index contributed by atoms with van der Waals surface area (Å²) in [5.74, 6) is 0.765. The molecule has 5 heteroatoms. The molecule has 0 aliphatic carbocycles. The molecule has 0 radical (unpaired) electrons. The minimum absolute atomic E-state index is 0.474. The lowest BCUT2D eigenvalue weighted by atomic mass is 10.3. The zero-order valence-corrected chi connectivity index (χ0v) is 13.3. The Balaban J connectivity index is 2.17. The van der Waals surface area contributed by atoms with Gasteiger partial charge in [0.25, 0.3) is 0 Å². The molecule has 1 heterocycles. The van der Waals surface area contributed by atoms with Crippen LogP contribution in [0.15, 0.2) is 28.7 Å². The van der Waals surface area contributed by atoms with Gasteiger partial charge in [-0.1, -0.05) is 24.6 Å². The van der Waals surface area contributed by atoms with Crippen LogP contribution >= 0.6 is 27.5 Å². The number of nitrogens with zero attached hydrogens (tertiary/aromatic N) is 2. The third-order valence-corrected chi connectivity index (χ3v) is 4.02. The summed E-state index contributed by atoms with van der Waals surface area (Å²) in [7, 11) is 0. The van der Waals surface area contributed by atoms with Gasteiger partial charge in [-0.3, -0.25) is 4.68 Å². The normalized spacial score (nSPS) is 10.7. The van der Waals surface area contributed by atoms with Crippen LogP contribution in [0.4, 0.5) is 0 Å². The van der Waals surface area contributed by atoms with Crippen LogP contribution in [0, 0.1) is 0 Å². The van der Waals surface area contributed by atoms with Gasteiger partial charge in [0.05, 0.1) is 15.9 Å². The predicted octanol–water partition coefficient (Wildman–Crippen LogP) is 4.46. The fourth-order valence-electron chi connectivity index (χ4n) is 1.86. The van der Waals surface area contributed by atoms with Gasteiger partial charge < -0.3 is 4.74 Å². The summed E-state index contributed by atoms with van der Waals surface area (Å²) in [6.45, 7) is 5.46. The molecule has 2 rings (SSSR count). The lowest BCUT2D eigenvalue weighted by Crippen LogP contribution is -2.06. The summed E-state index contributed by atoms with van der Waals surface area (Å²) in [6, 6.07) is 7.41. The monoisotopic (exact) mass is 342 g/mol. The van der Waals surface area contributed by atoms with Crippen LogP contribution < -0.4 is 4.74 Å². The van der Waals surface area contributed by atoms with Crippen molar-refractivity contribution in [2.24, 2.45) is 0 Å². The maximum atomic E-state index is 5.94. The van der Waals surface area contributed by atoms with Crippen molar-refractivity contribution in [1.29, 1.82) is 0 Å². The molecule has 0 spiro atoms. The molecule has 0 aliphatic heterocycles. The van der Waals surface area contributed by atoms with Gasteiger partial charge >= 0.3 is 0 Å². The Kier molecular flexibility index (Phi) is 4.88. The number of rotatable bonds is 5. The molecule has 0 atom stereocenters. The largest absolute Gasteiger partial charge is 0.487 e. The number of ether oxygens (including phenoxy) is 1. The maximum Gasteiger partial charge on any atom is 0.131 e. The van der Waals surface area contributed by atoms with E-state index in [-0.39, 0.29) is 0 Å². The third-order valence-electron chi connectivity index (χ3n) is 2.87. The zero-order chi connectivity index (χ0) is 13.8. The third kappa shape index (κ3) is 3.31. The number of aromatic nitrogens is 2. The quantitative estimate of drug-likeness (QED) is 0.801. The highest BCUT2D eigenvalue weighted by Crippen LogP contribution is 2.24. The topological polar surface area (TPSA) is 27.1 Å². The molecule has 19 heavy (non-hydrogen) atoms. The molecule has 3 nitrogen and oxygen atoms in total. The lowest BCUT2D eigenvalue weighted by molar-refractivity contribution is 0.291. The summed E-state index contributed by atoms with van der Waals surface area (Å²) in [5, 5.41) is 5.22. The Morgan fingerprint density at radius 3 is 2.79 bits per heavy atom. The highest BCUT2D eigenvalue weighted by molar-refractivity contribution is 9.10. The molecule has 0 saturated heterocycles. The van der Waals surface area contributed by atoms with E-state index in [2.05, 4.69) is 34.9 Å². The Morgan fingerprint density at radius 1 is 1.37 bits per heavy atom. The van der Waals surface area contributed by atoms with Gasteiger partial charge in [0.2, 0.25) is 0 Å². The van der Waals surface area contributed by atoms with Crippen molar-refractivity contribution in [3.05, 3.63) is 45.1 Å². The van der Waals surface area contributed by atoms with Crippen molar-refractivity contribution in [2.75, 3.05) is 0 Å². The summed E-state index contributed by atoms with van der Waals surface area (Å²) in [4.78, 5) is 0. The Morgan fingerprint density at radius 2 is 2.16 bits per heavy atom. The first-order valence-corrected chi connectivity index (χ1v) is 7.45. The van der Waals surface area contributed by atoms with E-state index in [9.17, 15) is 0 Å². The van der Waals surface area contributed by atoms with E-state index in [1.807, 2.05) is 28.9 Å². The molecule has 0 fully saturated rings. The van der Waals surface area contributed by atoms with Crippen molar-refractivity contribution in [3.8, 4) is 5.75 Å². The van der Waals surface area contributed by atoms with Crippen LogP contribution in [0.3, 0.4) is 0 Å². The second-order valence-corrected chi connectivity index (χ2v) is 5.35. The van der Waals surface area contributed by atoms with Gasteiger partial charge in [-0.05, 0) is 47.5 Å². The summed E-state index contributed by atoms with van der Waals surface area (Å²) < 4.78 is 8.79. The second kappa shape index (κ2) is 6.44. The fourth-order valence-corrected chi connectivity index (χ4v) is 2.72. The van der Waals surface area contributed by atoms with Gasteiger partial charge in [0, 0.05) is 11.6 Å². The number of benzene rings is 1. The molecule has 0 aliphatic rings. The summed E-state index contributed by atoms with van der Waals surface area (Å²) in [5.41, 5.74) is 2.12. The van der Waals surface area contributed by atoms with E-state index in [4.69, 9.17) is 16.3 Å². The standard InChI is InChI=1S/C14H16BrClN2O/c1-3-12-14(15)13(18(4-2)17-12)9-19-11-7-5-6-10(16)8-11/h5-8H,3-4,9H2,1-2H3. The van der Waals surface area contributed by atoms with E-state index >= 15 is 0 Å². The molecule has 2 aromatic rings. The molecule has 0 saturated carbocycles. The molecule has 0 amide bonds. The minimum atomic E-state index is 0.474. The SMILES string of the molecule is CCc1nn(CC)c(COc2cccc(Cl)c2)c1Br. The van der Waals surface area contributed by atoms with Crippen molar-refractivity contribution in [1.82, 2.24) is 9.78 Å². The van der Waals surface area contributed by atoms with E-state index in [0.717, 1.165) is 34.6 Å². The van der Waals surface area contributed by atoms with Crippen LogP contribution in [0.1, 0.15) is 25.2 Å². The van der Waals surface area contributed by atoms with Crippen LogP contribution in [0.25, 0.3) is 0 Å². The van der Waals surface area contributed by atoms with Crippen LogP contribution in [-0.2, 0) is 19.6 Å². The zero-order valence-electron chi connectivity index (χ0n) is 11.0. The van der Waals surface area contributed by atoms with Gasteiger partial charge in [-0.2, -0.15) is 5.10 Å². The molecule has 0 bridgehead atoms. The van der Waals surface area contributed by atoms with Crippen molar-refractivity contribution >= 4 is 27.5 Å². The van der Waals surface area contributed by atoms with Gasteiger partial charge in [-0.25, -0.2) is 0 Å². The Labute approximate surface area is 126 Å². The van der Waals surface area contributed by atoms with E-state index in [0.29, 0.717) is 11.6 Å². The minimum Gasteiger partial charge on any atom is -0.487 e. The number of hydrogen-bond acceptors (Lipinski definition) is 2. The lowest BCUT2D eigenvalue weighted by Gasteiger charge is -2.08.